The molecule has 120 valence electrons. The van der Waals surface area contributed by atoms with Crippen LogP contribution in [-0.4, -0.2) is 66.3 Å². The zero-order chi connectivity index (χ0) is 15.2. The summed E-state index contributed by atoms with van der Waals surface area (Å²) in [4.78, 5) is 26.7. The van der Waals surface area contributed by atoms with Gasteiger partial charge in [0.15, 0.2) is 0 Å². The zero-order valence-corrected chi connectivity index (χ0v) is 12.8. The number of nitrogens with zero attached hydrogens (tertiary/aromatic N) is 2. The minimum absolute atomic E-state index is 0.0468. The van der Waals surface area contributed by atoms with Crippen molar-refractivity contribution in [3.63, 3.8) is 0 Å². The third-order valence-corrected chi connectivity index (χ3v) is 4.38. The van der Waals surface area contributed by atoms with E-state index in [1.165, 1.54) is 0 Å². The molecule has 1 N–H and O–H groups in total. The van der Waals surface area contributed by atoms with Gasteiger partial charge in [0, 0.05) is 39.7 Å². The Bertz CT molecular complexity index is 369. The highest BCUT2D eigenvalue weighted by Crippen LogP contribution is 2.22. The summed E-state index contributed by atoms with van der Waals surface area (Å²) in [7, 11) is 1.82. The molecular weight excluding hydrogens is 272 g/mol. The Balaban J connectivity index is 1.78. The molecular formula is C15H26N2O4. The van der Waals surface area contributed by atoms with Crippen LogP contribution in [-0.2, 0) is 9.53 Å². The topological polar surface area (TPSA) is 70.1 Å². The van der Waals surface area contributed by atoms with Crippen molar-refractivity contribution in [2.75, 3.05) is 33.3 Å². The number of amides is 2. The molecule has 2 unspecified atom stereocenters. The van der Waals surface area contributed by atoms with E-state index in [0.29, 0.717) is 25.4 Å². The molecule has 2 aliphatic heterocycles. The molecule has 2 atom stereocenters. The molecule has 0 radical (unpaired) electrons. The predicted octanol–water partition coefficient (Wildman–Crippen LogP) is 1.79. The van der Waals surface area contributed by atoms with Gasteiger partial charge in [-0.25, -0.2) is 4.79 Å². The van der Waals surface area contributed by atoms with E-state index in [4.69, 9.17) is 9.84 Å². The number of rotatable bonds is 5. The maximum Gasteiger partial charge on any atom is 0.319 e. The number of carbonyl (C=O) groups excluding carboxylic acids is 1. The first-order chi connectivity index (χ1) is 10.1. The summed E-state index contributed by atoms with van der Waals surface area (Å²) in [5.74, 6) is -0.441. The monoisotopic (exact) mass is 298 g/mol. The van der Waals surface area contributed by atoms with E-state index in [0.717, 1.165) is 38.8 Å². The molecule has 2 aliphatic rings. The highest BCUT2D eigenvalue weighted by atomic mass is 16.5. The maximum atomic E-state index is 12.4. The lowest BCUT2D eigenvalue weighted by Crippen LogP contribution is -2.48. The van der Waals surface area contributed by atoms with E-state index in [2.05, 4.69) is 0 Å². The van der Waals surface area contributed by atoms with Gasteiger partial charge in [0.25, 0.3) is 0 Å². The Kier molecular flexibility index (Phi) is 5.85. The molecule has 21 heavy (non-hydrogen) atoms. The highest BCUT2D eigenvalue weighted by molar-refractivity contribution is 5.74. The van der Waals surface area contributed by atoms with Crippen LogP contribution in [0.5, 0.6) is 0 Å². The number of hydrogen-bond donors (Lipinski definition) is 1. The summed E-state index contributed by atoms with van der Waals surface area (Å²) < 4.78 is 5.57. The summed E-state index contributed by atoms with van der Waals surface area (Å²) in [5, 5.41) is 8.76. The molecule has 2 rings (SSSR count). The van der Waals surface area contributed by atoms with Gasteiger partial charge in [-0.3, -0.25) is 4.79 Å². The maximum absolute atomic E-state index is 12.4. The quantitative estimate of drug-likeness (QED) is 0.840. The van der Waals surface area contributed by atoms with Crippen molar-refractivity contribution in [3.05, 3.63) is 0 Å². The first-order valence-electron chi connectivity index (χ1n) is 7.89. The number of carboxylic acid groups (broad SMARTS) is 1. The lowest BCUT2D eigenvalue weighted by atomic mass is 9.93. The van der Waals surface area contributed by atoms with Gasteiger partial charge in [0.2, 0.25) is 0 Å². The summed E-state index contributed by atoms with van der Waals surface area (Å²) >= 11 is 0. The number of likely N-dealkylation sites (tertiary alicyclic amines) is 1. The van der Waals surface area contributed by atoms with Crippen LogP contribution in [0.2, 0.25) is 0 Å². The molecule has 0 bridgehead atoms. The molecule has 0 spiro atoms. The number of carboxylic acids is 1. The zero-order valence-electron chi connectivity index (χ0n) is 12.8. The predicted molar refractivity (Wildman–Crippen MR) is 78.2 cm³/mol. The summed E-state index contributed by atoms with van der Waals surface area (Å²) in [6.07, 6.45) is 5.11. The van der Waals surface area contributed by atoms with Gasteiger partial charge in [0.05, 0.1) is 6.10 Å². The Hall–Kier alpha value is -1.30. The van der Waals surface area contributed by atoms with Crippen molar-refractivity contribution in [2.24, 2.45) is 5.92 Å². The van der Waals surface area contributed by atoms with Crippen molar-refractivity contribution in [2.45, 2.75) is 44.6 Å². The van der Waals surface area contributed by atoms with E-state index in [-0.39, 0.29) is 18.6 Å². The third-order valence-electron chi connectivity index (χ3n) is 4.38. The number of likely N-dealkylation sites (N-methyl/N-ethyl adjacent to an activating group) is 1. The van der Waals surface area contributed by atoms with Crippen molar-refractivity contribution in [1.29, 1.82) is 0 Å². The SMILES string of the molecule is CN(CC1CCCO1)C(=O)N1CCCC(CCC(=O)O)C1. The number of urea groups is 1. The van der Waals surface area contributed by atoms with Crippen LogP contribution >= 0.6 is 0 Å². The Morgan fingerprint density at radius 2 is 2.14 bits per heavy atom. The average Bonchev–Trinajstić information content (AvgIpc) is 2.97. The number of carbonyl (C=O) groups is 2. The van der Waals surface area contributed by atoms with Gasteiger partial charge in [-0.15, -0.1) is 0 Å². The Morgan fingerprint density at radius 3 is 2.81 bits per heavy atom. The van der Waals surface area contributed by atoms with Crippen molar-refractivity contribution in [3.8, 4) is 0 Å². The van der Waals surface area contributed by atoms with Crippen molar-refractivity contribution >= 4 is 12.0 Å². The first kappa shape index (κ1) is 16.1. The van der Waals surface area contributed by atoms with Gasteiger partial charge in [-0.2, -0.15) is 0 Å². The molecule has 2 heterocycles. The molecule has 2 saturated heterocycles. The first-order valence-corrected chi connectivity index (χ1v) is 7.89. The Labute approximate surface area is 126 Å². The van der Waals surface area contributed by atoms with Crippen molar-refractivity contribution < 1.29 is 19.4 Å². The fourth-order valence-corrected chi connectivity index (χ4v) is 3.22. The summed E-state index contributed by atoms with van der Waals surface area (Å²) in [6, 6.07) is 0.0468. The minimum Gasteiger partial charge on any atom is -0.481 e. The lowest BCUT2D eigenvalue weighted by Gasteiger charge is -2.35. The standard InChI is InChI=1S/C15H26N2O4/c1-16(11-13-5-3-9-21-13)15(20)17-8-2-4-12(10-17)6-7-14(18)19/h12-13H,2-11H2,1H3,(H,18,19). The number of aliphatic carboxylic acids is 1. The van der Waals surface area contributed by atoms with Crippen molar-refractivity contribution in [1.82, 2.24) is 9.80 Å². The third kappa shape index (κ3) is 4.88. The molecule has 0 aromatic carbocycles. The lowest BCUT2D eigenvalue weighted by molar-refractivity contribution is -0.137. The van der Waals surface area contributed by atoms with Gasteiger partial charge >= 0.3 is 12.0 Å². The molecule has 6 nitrogen and oxygen atoms in total. The van der Waals surface area contributed by atoms with Crippen LogP contribution in [0, 0.1) is 5.92 Å². The number of piperidine rings is 1. The second-order valence-corrected chi connectivity index (χ2v) is 6.18. The van der Waals surface area contributed by atoms with Gasteiger partial charge in [-0.05, 0) is 38.0 Å². The van der Waals surface area contributed by atoms with Crippen LogP contribution < -0.4 is 0 Å². The second kappa shape index (κ2) is 7.64. The largest absolute Gasteiger partial charge is 0.481 e. The van der Waals surface area contributed by atoms with E-state index >= 15 is 0 Å². The van der Waals surface area contributed by atoms with Gasteiger partial charge < -0.3 is 19.6 Å². The highest BCUT2D eigenvalue weighted by Gasteiger charge is 2.27. The molecule has 6 heteroatoms. The van der Waals surface area contributed by atoms with Gasteiger partial charge in [-0.1, -0.05) is 0 Å². The average molecular weight is 298 g/mol. The molecule has 0 saturated carbocycles. The summed E-state index contributed by atoms with van der Waals surface area (Å²) in [5.41, 5.74) is 0. The molecule has 2 fully saturated rings. The molecule has 0 aliphatic carbocycles. The van der Waals surface area contributed by atoms with Crippen LogP contribution in [0.3, 0.4) is 0 Å². The van der Waals surface area contributed by atoms with E-state index in [1.807, 2.05) is 11.9 Å². The fraction of sp³-hybridized carbons (Fsp3) is 0.867. The van der Waals surface area contributed by atoms with Crippen LogP contribution in [0.15, 0.2) is 0 Å². The van der Waals surface area contributed by atoms with E-state index in [9.17, 15) is 9.59 Å². The number of ether oxygens (including phenoxy) is 1. The molecule has 0 aromatic rings. The fourth-order valence-electron chi connectivity index (χ4n) is 3.22. The molecule has 0 aromatic heterocycles. The number of hydrogen-bond acceptors (Lipinski definition) is 3. The Morgan fingerprint density at radius 1 is 1.33 bits per heavy atom. The van der Waals surface area contributed by atoms with E-state index in [1.54, 1.807) is 4.90 Å². The van der Waals surface area contributed by atoms with Crippen LogP contribution in [0.25, 0.3) is 0 Å². The summed E-state index contributed by atoms with van der Waals surface area (Å²) in [6.45, 7) is 2.91. The normalized spacial score (nSPS) is 25.9. The van der Waals surface area contributed by atoms with E-state index < -0.39 is 5.97 Å². The second-order valence-electron chi connectivity index (χ2n) is 6.18. The van der Waals surface area contributed by atoms with Crippen LogP contribution in [0.1, 0.15) is 38.5 Å². The molecule has 2 amide bonds. The van der Waals surface area contributed by atoms with Gasteiger partial charge in [0.1, 0.15) is 0 Å². The smallest absolute Gasteiger partial charge is 0.319 e. The van der Waals surface area contributed by atoms with Crippen LogP contribution in [0.4, 0.5) is 4.79 Å². The minimum atomic E-state index is -0.756.